The lowest BCUT2D eigenvalue weighted by Gasteiger charge is -2.15. The first kappa shape index (κ1) is 16.9. The zero-order valence-electron chi connectivity index (χ0n) is 14.0. The van der Waals surface area contributed by atoms with Crippen molar-refractivity contribution in [1.82, 2.24) is 5.32 Å². The van der Waals surface area contributed by atoms with Crippen LogP contribution in [0.3, 0.4) is 0 Å². The second-order valence-corrected chi connectivity index (χ2v) is 6.05. The molecule has 0 spiro atoms. The molecule has 2 rings (SSSR count). The molecule has 0 bridgehead atoms. The number of benzene rings is 1. The summed E-state index contributed by atoms with van der Waals surface area (Å²) in [4.78, 5) is 24.4. The molecule has 3 heteroatoms. The normalized spacial score (nSPS) is 14.2. The first-order chi connectivity index (χ1) is 11.0. The molecule has 120 valence electrons. The lowest BCUT2D eigenvalue weighted by molar-refractivity contribution is 0.0979. The third kappa shape index (κ3) is 4.52. The highest BCUT2D eigenvalue weighted by atomic mass is 16.1. The summed E-state index contributed by atoms with van der Waals surface area (Å²) in [6, 6.07) is 6.94. The molecular formula is C20H23NO2. The lowest BCUT2D eigenvalue weighted by Crippen LogP contribution is -2.27. The molecular weight excluding hydrogens is 286 g/mol. The SMILES string of the molecule is CC(C)=CCC/C(C)=C/CNC1=CC(=O)c2ccccc2C1=O. The van der Waals surface area contributed by atoms with Gasteiger partial charge in [-0.25, -0.2) is 0 Å². The largest absolute Gasteiger partial charge is 0.378 e. The molecule has 1 aliphatic rings. The Kier molecular flexibility index (Phi) is 5.69. The van der Waals surface area contributed by atoms with Gasteiger partial charge in [0.2, 0.25) is 5.78 Å². The average molecular weight is 309 g/mol. The first-order valence-electron chi connectivity index (χ1n) is 7.91. The number of hydrogen-bond donors (Lipinski definition) is 1. The summed E-state index contributed by atoms with van der Waals surface area (Å²) < 4.78 is 0. The van der Waals surface area contributed by atoms with Gasteiger partial charge in [0, 0.05) is 23.7 Å². The molecule has 0 aromatic heterocycles. The Bertz CT molecular complexity index is 704. The van der Waals surface area contributed by atoms with E-state index in [1.807, 2.05) is 0 Å². The van der Waals surface area contributed by atoms with E-state index in [0.29, 0.717) is 23.4 Å². The molecule has 0 aliphatic heterocycles. The Hall–Kier alpha value is -2.42. The molecule has 1 N–H and O–H groups in total. The summed E-state index contributed by atoms with van der Waals surface area (Å²) in [6.45, 7) is 6.82. The van der Waals surface area contributed by atoms with Gasteiger partial charge in [0.15, 0.2) is 5.78 Å². The summed E-state index contributed by atoms with van der Waals surface area (Å²) >= 11 is 0. The van der Waals surface area contributed by atoms with Crippen LogP contribution in [0.15, 0.2) is 59.3 Å². The molecule has 1 aromatic carbocycles. The fourth-order valence-corrected chi connectivity index (χ4v) is 2.47. The van der Waals surface area contributed by atoms with E-state index >= 15 is 0 Å². The quantitative estimate of drug-likeness (QED) is 0.800. The molecule has 3 nitrogen and oxygen atoms in total. The molecule has 0 atom stereocenters. The second kappa shape index (κ2) is 7.73. The van der Waals surface area contributed by atoms with Gasteiger partial charge in [0.05, 0.1) is 5.70 Å². The minimum atomic E-state index is -0.119. The smallest absolute Gasteiger partial charge is 0.209 e. The highest BCUT2D eigenvalue weighted by molar-refractivity contribution is 6.24. The number of hydrogen-bond acceptors (Lipinski definition) is 3. The van der Waals surface area contributed by atoms with Crippen molar-refractivity contribution in [2.45, 2.75) is 33.6 Å². The van der Waals surface area contributed by atoms with Crippen LogP contribution in [0.1, 0.15) is 54.3 Å². The zero-order chi connectivity index (χ0) is 16.8. The number of ketones is 2. The average Bonchev–Trinajstić information content (AvgIpc) is 2.52. The highest BCUT2D eigenvalue weighted by Gasteiger charge is 2.24. The minimum Gasteiger partial charge on any atom is -0.378 e. The van der Waals surface area contributed by atoms with E-state index in [-0.39, 0.29) is 11.6 Å². The number of allylic oxidation sites excluding steroid dienone is 5. The second-order valence-electron chi connectivity index (χ2n) is 6.05. The van der Waals surface area contributed by atoms with E-state index in [2.05, 4.69) is 38.2 Å². The van der Waals surface area contributed by atoms with E-state index in [9.17, 15) is 9.59 Å². The fraction of sp³-hybridized carbons (Fsp3) is 0.300. The van der Waals surface area contributed by atoms with Gasteiger partial charge >= 0.3 is 0 Å². The van der Waals surface area contributed by atoms with Crippen LogP contribution in [0.4, 0.5) is 0 Å². The van der Waals surface area contributed by atoms with E-state index in [1.54, 1.807) is 24.3 Å². The Morgan fingerprint density at radius 2 is 1.74 bits per heavy atom. The van der Waals surface area contributed by atoms with E-state index in [1.165, 1.54) is 17.2 Å². The molecule has 1 aliphatic carbocycles. The van der Waals surface area contributed by atoms with Gasteiger partial charge < -0.3 is 5.32 Å². The molecule has 0 saturated carbocycles. The maximum Gasteiger partial charge on any atom is 0.209 e. The standard InChI is InChI=1S/C20H23NO2/c1-14(2)7-6-8-15(3)11-12-21-18-13-19(22)16-9-4-5-10-17(16)20(18)23/h4-5,7,9-11,13,21H,6,8,12H2,1-3H3/b15-11+. The van der Waals surface area contributed by atoms with Crippen LogP contribution >= 0.6 is 0 Å². The Morgan fingerprint density at radius 1 is 1.04 bits per heavy atom. The first-order valence-corrected chi connectivity index (χ1v) is 7.91. The number of fused-ring (bicyclic) bond motifs is 1. The minimum absolute atomic E-state index is 0.115. The molecule has 1 aromatic rings. The van der Waals surface area contributed by atoms with Crippen LogP contribution in [0.5, 0.6) is 0 Å². The Labute approximate surface area is 137 Å². The van der Waals surface area contributed by atoms with Gasteiger partial charge in [-0.3, -0.25) is 9.59 Å². The number of rotatable bonds is 6. The number of nitrogens with one attached hydrogen (secondary N) is 1. The van der Waals surface area contributed by atoms with E-state index in [0.717, 1.165) is 12.8 Å². The molecule has 0 radical (unpaired) electrons. The van der Waals surface area contributed by atoms with Gasteiger partial charge in [-0.1, -0.05) is 47.6 Å². The van der Waals surface area contributed by atoms with Crippen molar-refractivity contribution in [1.29, 1.82) is 0 Å². The van der Waals surface area contributed by atoms with Crippen LogP contribution in [0.2, 0.25) is 0 Å². The summed E-state index contributed by atoms with van der Waals surface area (Å²) in [5, 5.41) is 3.07. The summed E-state index contributed by atoms with van der Waals surface area (Å²) in [5.41, 5.74) is 3.93. The monoisotopic (exact) mass is 309 g/mol. The summed E-state index contributed by atoms with van der Waals surface area (Å²) in [5.74, 6) is -0.234. The molecule has 0 amide bonds. The Balaban J connectivity index is 1.95. The summed E-state index contributed by atoms with van der Waals surface area (Å²) in [6.07, 6.45) is 7.71. The number of carbonyl (C=O) groups is 2. The van der Waals surface area contributed by atoms with Gasteiger partial charge in [0.25, 0.3) is 0 Å². The molecule has 23 heavy (non-hydrogen) atoms. The van der Waals surface area contributed by atoms with Crippen molar-refractivity contribution >= 4 is 11.6 Å². The lowest BCUT2D eigenvalue weighted by atomic mass is 9.93. The molecule has 0 saturated heterocycles. The van der Waals surface area contributed by atoms with Crippen molar-refractivity contribution < 1.29 is 9.59 Å². The van der Waals surface area contributed by atoms with Gasteiger partial charge in [-0.15, -0.1) is 0 Å². The highest BCUT2D eigenvalue weighted by Crippen LogP contribution is 2.19. The fourth-order valence-electron chi connectivity index (χ4n) is 2.47. The van der Waals surface area contributed by atoms with E-state index < -0.39 is 0 Å². The van der Waals surface area contributed by atoms with Gasteiger partial charge in [0.1, 0.15) is 0 Å². The third-order valence-electron chi connectivity index (χ3n) is 3.79. The number of Topliss-reactive ketones (excluding diaryl/α,β-unsaturated/α-hetero) is 1. The maximum absolute atomic E-state index is 12.4. The predicted octanol–water partition coefficient (Wildman–Crippen LogP) is 4.23. The predicted molar refractivity (Wildman–Crippen MR) is 93.6 cm³/mol. The third-order valence-corrected chi connectivity index (χ3v) is 3.79. The van der Waals surface area contributed by atoms with Crippen LogP contribution < -0.4 is 5.32 Å². The molecule has 0 unspecified atom stereocenters. The van der Waals surface area contributed by atoms with Gasteiger partial charge in [-0.2, -0.15) is 0 Å². The molecule has 0 heterocycles. The maximum atomic E-state index is 12.4. The Morgan fingerprint density at radius 3 is 2.43 bits per heavy atom. The van der Waals surface area contributed by atoms with Crippen molar-refractivity contribution in [3.8, 4) is 0 Å². The van der Waals surface area contributed by atoms with Crippen LogP contribution in [0.25, 0.3) is 0 Å². The van der Waals surface area contributed by atoms with Crippen molar-refractivity contribution in [2.75, 3.05) is 6.54 Å². The number of carbonyl (C=O) groups excluding carboxylic acids is 2. The molecule has 0 fully saturated rings. The van der Waals surface area contributed by atoms with Crippen molar-refractivity contribution in [3.05, 3.63) is 70.5 Å². The van der Waals surface area contributed by atoms with Crippen LogP contribution in [-0.4, -0.2) is 18.1 Å². The van der Waals surface area contributed by atoms with Crippen molar-refractivity contribution in [2.24, 2.45) is 0 Å². The van der Waals surface area contributed by atoms with Crippen molar-refractivity contribution in [3.63, 3.8) is 0 Å². The van der Waals surface area contributed by atoms with Crippen LogP contribution in [-0.2, 0) is 0 Å². The summed E-state index contributed by atoms with van der Waals surface area (Å²) in [7, 11) is 0. The van der Waals surface area contributed by atoms with Crippen LogP contribution in [0, 0.1) is 0 Å². The van der Waals surface area contributed by atoms with E-state index in [4.69, 9.17) is 0 Å². The topological polar surface area (TPSA) is 46.2 Å². The zero-order valence-corrected chi connectivity index (χ0v) is 14.0. The van der Waals surface area contributed by atoms with Gasteiger partial charge in [-0.05, 0) is 33.6 Å².